The van der Waals surface area contributed by atoms with E-state index in [9.17, 15) is 19.5 Å². The predicted octanol–water partition coefficient (Wildman–Crippen LogP) is 3.92. The number of likely N-dealkylation sites (tertiary alicyclic amines) is 1. The van der Waals surface area contributed by atoms with Gasteiger partial charge in [0.05, 0.1) is 46.5 Å². The fraction of sp³-hybridized carbons (Fsp3) is 0.593. The van der Waals surface area contributed by atoms with Gasteiger partial charge in [0.1, 0.15) is 6.04 Å². The number of rotatable bonds is 10. The van der Waals surface area contributed by atoms with E-state index in [1.807, 2.05) is 19.9 Å². The summed E-state index contributed by atoms with van der Waals surface area (Å²) in [6.07, 6.45) is 3.74. The molecule has 2 unspecified atom stereocenters. The molecule has 0 radical (unpaired) electrons. The van der Waals surface area contributed by atoms with Gasteiger partial charge in [0.15, 0.2) is 0 Å². The molecule has 3 fully saturated rings. The van der Waals surface area contributed by atoms with Crippen LogP contribution in [0.2, 0.25) is 5.02 Å². The Morgan fingerprint density at radius 3 is 2.72 bits per heavy atom. The lowest BCUT2D eigenvalue weighted by molar-refractivity contribution is -0.154. The van der Waals surface area contributed by atoms with Crippen molar-refractivity contribution in [3.05, 3.63) is 41.9 Å². The summed E-state index contributed by atoms with van der Waals surface area (Å²) in [4.78, 5) is 44.9. The molecule has 196 valence electrons. The minimum atomic E-state index is -0.841. The quantitative estimate of drug-likeness (QED) is 0.361. The third-order valence-corrected chi connectivity index (χ3v) is 10.4. The number of carbonyl (C=O) groups is 3. The number of benzene rings is 1. The molecule has 7 atom stereocenters. The van der Waals surface area contributed by atoms with Crippen LogP contribution in [0, 0.1) is 17.8 Å². The van der Waals surface area contributed by atoms with Gasteiger partial charge >= 0.3 is 5.97 Å². The van der Waals surface area contributed by atoms with Gasteiger partial charge in [-0.1, -0.05) is 50.1 Å². The second-order valence-electron chi connectivity index (χ2n) is 9.88. The SMILES string of the molecule is C=CCN(C(=O)C1N([C@@H](CO)[C@@H](C)CC)C(=O)[C@@H]2[C@H](C(=O)OCC)[C@@H]3CCC12S3)c1ccccc1Cl. The number of thioether (sulfide) groups is 1. The molecule has 2 bridgehead atoms. The molecule has 2 amide bonds. The first kappa shape index (κ1) is 27.0. The van der Waals surface area contributed by atoms with Crippen LogP contribution in [0.4, 0.5) is 5.69 Å². The van der Waals surface area contributed by atoms with E-state index in [4.69, 9.17) is 16.3 Å². The van der Waals surface area contributed by atoms with Crippen molar-refractivity contribution in [2.75, 3.05) is 24.7 Å². The van der Waals surface area contributed by atoms with Crippen molar-refractivity contribution >= 4 is 46.8 Å². The maximum absolute atomic E-state index is 14.5. The van der Waals surface area contributed by atoms with Gasteiger partial charge in [0.2, 0.25) is 5.91 Å². The minimum Gasteiger partial charge on any atom is -0.466 e. The van der Waals surface area contributed by atoms with Crippen molar-refractivity contribution < 1.29 is 24.2 Å². The molecule has 1 aromatic rings. The number of esters is 1. The normalized spacial score (nSPS) is 30.1. The lowest BCUT2D eigenvalue weighted by Crippen LogP contribution is -2.58. The molecule has 0 aliphatic carbocycles. The Kier molecular flexibility index (Phi) is 8.07. The number of hydrogen-bond donors (Lipinski definition) is 1. The first-order valence-corrected chi connectivity index (χ1v) is 14.0. The summed E-state index contributed by atoms with van der Waals surface area (Å²) in [6, 6.07) is 5.72. The molecule has 0 saturated carbocycles. The van der Waals surface area contributed by atoms with Crippen LogP contribution in [0.25, 0.3) is 0 Å². The predicted molar refractivity (Wildman–Crippen MR) is 142 cm³/mol. The molecule has 1 N–H and O–H groups in total. The zero-order valence-corrected chi connectivity index (χ0v) is 22.6. The van der Waals surface area contributed by atoms with Gasteiger partial charge in [0.25, 0.3) is 5.91 Å². The number of carbonyl (C=O) groups excluding carboxylic acids is 3. The number of aliphatic hydroxyl groups excluding tert-OH is 1. The Bertz CT molecular complexity index is 1040. The van der Waals surface area contributed by atoms with E-state index in [1.165, 1.54) is 0 Å². The molecule has 9 heteroatoms. The molecule has 0 aromatic heterocycles. The van der Waals surface area contributed by atoms with Crippen molar-refractivity contribution in [1.29, 1.82) is 0 Å². The maximum atomic E-state index is 14.5. The Morgan fingerprint density at radius 2 is 2.11 bits per heavy atom. The van der Waals surface area contributed by atoms with Crippen molar-refractivity contribution in [2.24, 2.45) is 17.8 Å². The maximum Gasteiger partial charge on any atom is 0.310 e. The van der Waals surface area contributed by atoms with E-state index in [-0.39, 0.29) is 48.7 Å². The Balaban J connectivity index is 1.85. The minimum absolute atomic E-state index is 0.0408. The molecule has 4 rings (SSSR count). The van der Waals surface area contributed by atoms with E-state index >= 15 is 0 Å². The molecule has 3 heterocycles. The lowest BCUT2D eigenvalue weighted by atomic mass is 9.71. The number of hydrogen-bond acceptors (Lipinski definition) is 6. The van der Waals surface area contributed by atoms with Crippen molar-refractivity contribution in [1.82, 2.24) is 4.90 Å². The van der Waals surface area contributed by atoms with Gasteiger partial charge in [-0.25, -0.2) is 0 Å². The highest BCUT2D eigenvalue weighted by Gasteiger charge is 2.75. The third kappa shape index (κ3) is 4.15. The number of halogens is 1. The van der Waals surface area contributed by atoms with E-state index in [1.54, 1.807) is 52.8 Å². The summed E-state index contributed by atoms with van der Waals surface area (Å²) in [5, 5.41) is 10.8. The first-order valence-electron chi connectivity index (χ1n) is 12.7. The average molecular weight is 535 g/mol. The van der Waals surface area contributed by atoms with Crippen LogP contribution in [-0.4, -0.2) is 69.6 Å². The fourth-order valence-electron chi connectivity index (χ4n) is 6.30. The van der Waals surface area contributed by atoms with E-state index in [0.717, 1.165) is 12.8 Å². The third-order valence-electron chi connectivity index (χ3n) is 8.10. The molecule has 3 aliphatic heterocycles. The van der Waals surface area contributed by atoms with Crippen LogP contribution in [0.5, 0.6) is 0 Å². The Hall–Kier alpha value is -2.03. The van der Waals surface area contributed by atoms with Crippen molar-refractivity contribution in [3.8, 4) is 0 Å². The summed E-state index contributed by atoms with van der Waals surface area (Å²) in [7, 11) is 0. The summed E-state index contributed by atoms with van der Waals surface area (Å²) >= 11 is 8.09. The molecule has 3 saturated heterocycles. The molecule has 3 aliphatic rings. The smallest absolute Gasteiger partial charge is 0.310 e. The highest BCUT2D eigenvalue weighted by molar-refractivity contribution is 8.02. The van der Waals surface area contributed by atoms with Crippen molar-refractivity contribution in [3.63, 3.8) is 0 Å². The van der Waals surface area contributed by atoms with Crippen molar-refractivity contribution in [2.45, 2.75) is 62.1 Å². The van der Waals surface area contributed by atoms with Crippen LogP contribution in [-0.2, 0) is 19.1 Å². The number of fused-ring (bicyclic) bond motifs is 1. The molecular weight excluding hydrogens is 500 g/mol. The van der Waals surface area contributed by atoms with Crippen LogP contribution in [0.15, 0.2) is 36.9 Å². The summed E-state index contributed by atoms with van der Waals surface area (Å²) in [5.74, 6) is -2.18. The molecule has 1 aromatic carbocycles. The monoisotopic (exact) mass is 534 g/mol. The number of amides is 2. The Labute approximate surface area is 222 Å². The van der Waals surface area contributed by atoms with Gasteiger partial charge in [-0.3, -0.25) is 14.4 Å². The second kappa shape index (κ2) is 10.8. The highest BCUT2D eigenvalue weighted by Crippen LogP contribution is 2.67. The number of aliphatic hydroxyl groups is 1. The topological polar surface area (TPSA) is 87.2 Å². The van der Waals surface area contributed by atoms with Crippen LogP contribution in [0.1, 0.15) is 40.0 Å². The standard InChI is InChI=1S/C27H35ClN2O5S/c1-5-14-29(18-11-9-8-10-17(18)28)25(33)23-27-13-12-20(36-27)21(26(34)35-7-3)22(27)24(32)30(23)19(15-31)16(4)6-2/h5,8-11,16,19-23,31H,1,6-7,12-15H2,2-4H3/t16-,19-,20-,21+,22-,23?,27?/m0/s1. The average Bonchev–Trinajstić information content (AvgIpc) is 3.51. The van der Waals surface area contributed by atoms with E-state index in [2.05, 4.69) is 6.58 Å². The molecular formula is C27H35ClN2O5S. The van der Waals surface area contributed by atoms with Gasteiger partial charge < -0.3 is 19.6 Å². The zero-order chi connectivity index (χ0) is 26.2. The van der Waals surface area contributed by atoms with Crippen LogP contribution < -0.4 is 4.90 Å². The number of para-hydroxylation sites is 1. The van der Waals surface area contributed by atoms with Gasteiger partial charge in [-0.15, -0.1) is 18.3 Å². The summed E-state index contributed by atoms with van der Waals surface area (Å²) in [5.41, 5.74) is 0.542. The van der Waals surface area contributed by atoms with E-state index < -0.39 is 28.7 Å². The zero-order valence-electron chi connectivity index (χ0n) is 21.1. The molecule has 36 heavy (non-hydrogen) atoms. The van der Waals surface area contributed by atoms with Gasteiger partial charge in [-0.05, 0) is 37.8 Å². The summed E-state index contributed by atoms with van der Waals surface area (Å²) in [6.45, 7) is 9.75. The Morgan fingerprint density at radius 1 is 1.39 bits per heavy atom. The number of anilines is 1. The number of ether oxygens (including phenoxy) is 1. The van der Waals surface area contributed by atoms with E-state index in [0.29, 0.717) is 17.1 Å². The van der Waals surface area contributed by atoms with Gasteiger partial charge in [0, 0.05) is 11.8 Å². The van der Waals surface area contributed by atoms with Gasteiger partial charge in [-0.2, -0.15) is 0 Å². The summed E-state index contributed by atoms with van der Waals surface area (Å²) < 4.78 is 4.62. The first-order chi connectivity index (χ1) is 17.3. The fourth-order valence-corrected chi connectivity index (χ4v) is 8.73. The second-order valence-corrected chi connectivity index (χ2v) is 11.9. The number of nitrogens with zero attached hydrogens (tertiary/aromatic N) is 2. The van der Waals surface area contributed by atoms with Crippen LogP contribution >= 0.6 is 23.4 Å². The molecule has 1 spiro atoms. The van der Waals surface area contributed by atoms with Crippen LogP contribution in [0.3, 0.4) is 0 Å². The largest absolute Gasteiger partial charge is 0.466 e. The lowest BCUT2D eigenvalue weighted by Gasteiger charge is -2.41. The highest BCUT2D eigenvalue weighted by atomic mass is 35.5. The molecule has 7 nitrogen and oxygen atoms in total.